The van der Waals surface area contributed by atoms with E-state index < -0.39 is 0 Å². The standard InChI is InChI=1S/C17H28N4O2/c1-3-20(4-2)17(23)12-19-10-13-8-15(21-7-5-6-18-21)16(22)9-14(13)11-19/h5-7,13-16,22H,3-4,8-12H2,1-2H3/t13-,14+,15-,16-/m1/s1. The van der Waals surface area contributed by atoms with Crippen LogP contribution < -0.4 is 0 Å². The monoisotopic (exact) mass is 320 g/mol. The molecule has 1 aromatic heterocycles. The molecule has 0 radical (unpaired) electrons. The van der Waals surface area contributed by atoms with Gasteiger partial charge in [-0.15, -0.1) is 0 Å². The predicted octanol–water partition coefficient (Wildman–Crippen LogP) is 0.995. The lowest BCUT2D eigenvalue weighted by Crippen LogP contribution is -2.39. The van der Waals surface area contributed by atoms with Crippen LogP contribution >= 0.6 is 0 Å². The highest BCUT2D eigenvalue weighted by molar-refractivity contribution is 5.78. The van der Waals surface area contributed by atoms with Crippen molar-refractivity contribution in [2.45, 2.75) is 38.8 Å². The first kappa shape index (κ1) is 16.5. The molecule has 1 saturated heterocycles. The van der Waals surface area contributed by atoms with Crippen LogP contribution in [0.2, 0.25) is 0 Å². The number of hydrogen-bond donors (Lipinski definition) is 1. The lowest BCUT2D eigenvalue weighted by atomic mass is 9.77. The first-order valence-corrected chi connectivity index (χ1v) is 8.79. The number of carbonyl (C=O) groups is 1. The Morgan fingerprint density at radius 2 is 1.96 bits per heavy atom. The highest BCUT2D eigenvalue weighted by atomic mass is 16.3. The zero-order chi connectivity index (χ0) is 16.4. The van der Waals surface area contributed by atoms with Crippen molar-refractivity contribution >= 4 is 5.91 Å². The molecule has 23 heavy (non-hydrogen) atoms. The largest absolute Gasteiger partial charge is 0.391 e. The maximum absolute atomic E-state index is 12.3. The topological polar surface area (TPSA) is 61.6 Å². The van der Waals surface area contributed by atoms with Crippen molar-refractivity contribution < 1.29 is 9.90 Å². The molecule has 1 aliphatic carbocycles. The summed E-state index contributed by atoms with van der Waals surface area (Å²) in [5.74, 6) is 1.27. The number of aliphatic hydroxyl groups excluding tert-OH is 1. The Labute approximate surface area is 138 Å². The fourth-order valence-electron chi connectivity index (χ4n) is 4.26. The minimum Gasteiger partial charge on any atom is -0.391 e. The van der Waals surface area contributed by atoms with E-state index in [9.17, 15) is 9.90 Å². The minimum absolute atomic E-state index is 0.0738. The number of amides is 1. The van der Waals surface area contributed by atoms with Crippen molar-refractivity contribution in [2.75, 3.05) is 32.7 Å². The molecule has 3 rings (SSSR count). The van der Waals surface area contributed by atoms with E-state index in [0.717, 1.165) is 39.0 Å². The summed E-state index contributed by atoms with van der Waals surface area (Å²) < 4.78 is 1.89. The molecule has 2 heterocycles. The Bertz CT molecular complexity index is 515. The lowest BCUT2D eigenvalue weighted by Gasteiger charge is -2.35. The molecule has 1 saturated carbocycles. The van der Waals surface area contributed by atoms with Gasteiger partial charge in [0.2, 0.25) is 5.91 Å². The second-order valence-corrected chi connectivity index (χ2v) is 6.87. The minimum atomic E-state index is -0.338. The summed E-state index contributed by atoms with van der Waals surface area (Å²) in [6, 6.07) is 1.98. The number of aliphatic hydroxyl groups is 1. The van der Waals surface area contributed by atoms with E-state index in [0.29, 0.717) is 18.4 Å². The van der Waals surface area contributed by atoms with Crippen LogP contribution in [-0.4, -0.2) is 69.4 Å². The molecule has 1 N–H and O–H groups in total. The second-order valence-electron chi connectivity index (χ2n) is 6.87. The smallest absolute Gasteiger partial charge is 0.236 e. The summed E-state index contributed by atoms with van der Waals surface area (Å²) in [4.78, 5) is 16.5. The number of hydrogen-bond acceptors (Lipinski definition) is 4. The van der Waals surface area contributed by atoms with E-state index in [1.54, 1.807) is 6.20 Å². The highest BCUT2D eigenvalue weighted by Gasteiger charge is 2.42. The molecular weight excluding hydrogens is 292 g/mol. The third-order valence-electron chi connectivity index (χ3n) is 5.52. The van der Waals surface area contributed by atoms with Crippen LogP contribution in [0.25, 0.3) is 0 Å². The number of nitrogens with zero attached hydrogens (tertiary/aromatic N) is 4. The van der Waals surface area contributed by atoms with Gasteiger partial charge in [0.1, 0.15) is 0 Å². The van der Waals surface area contributed by atoms with E-state index in [4.69, 9.17) is 0 Å². The average molecular weight is 320 g/mol. The fraction of sp³-hybridized carbons (Fsp3) is 0.765. The maximum Gasteiger partial charge on any atom is 0.236 e. The van der Waals surface area contributed by atoms with Gasteiger partial charge in [0.25, 0.3) is 0 Å². The summed E-state index contributed by atoms with van der Waals surface area (Å²) in [5, 5.41) is 14.8. The van der Waals surface area contributed by atoms with Crippen molar-refractivity contribution in [3.8, 4) is 0 Å². The second kappa shape index (κ2) is 7.01. The van der Waals surface area contributed by atoms with Crippen molar-refractivity contribution in [1.82, 2.24) is 19.6 Å². The van der Waals surface area contributed by atoms with E-state index >= 15 is 0 Å². The number of aromatic nitrogens is 2. The molecule has 0 bridgehead atoms. The summed E-state index contributed by atoms with van der Waals surface area (Å²) in [6.07, 6.45) is 5.12. The molecule has 6 heteroatoms. The molecule has 0 unspecified atom stereocenters. The molecular formula is C17H28N4O2. The van der Waals surface area contributed by atoms with Crippen LogP contribution in [0.3, 0.4) is 0 Å². The van der Waals surface area contributed by atoms with Gasteiger partial charge < -0.3 is 10.0 Å². The van der Waals surface area contributed by atoms with Gasteiger partial charge in [-0.1, -0.05) is 0 Å². The van der Waals surface area contributed by atoms with Crippen LogP contribution in [0.4, 0.5) is 0 Å². The number of likely N-dealkylation sites (tertiary alicyclic amines) is 1. The third kappa shape index (κ3) is 3.43. The van der Waals surface area contributed by atoms with Crippen molar-refractivity contribution in [3.63, 3.8) is 0 Å². The van der Waals surface area contributed by atoms with Gasteiger partial charge in [0.15, 0.2) is 0 Å². The van der Waals surface area contributed by atoms with Crippen molar-refractivity contribution in [3.05, 3.63) is 18.5 Å². The van der Waals surface area contributed by atoms with Gasteiger partial charge in [0, 0.05) is 38.6 Å². The Kier molecular flexibility index (Phi) is 5.02. The Morgan fingerprint density at radius 1 is 1.26 bits per heavy atom. The van der Waals surface area contributed by atoms with Gasteiger partial charge in [0.05, 0.1) is 18.7 Å². The van der Waals surface area contributed by atoms with Crippen LogP contribution in [0.5, 0.6) is 0 Å². The molecule has 0 aromatic carbocycles. The lowest BCUT2D eigenvalue weighted by molar-refractivity contribution is -0.131. The quantitative estimate of drug-likeness (QED) is 0.879. The van der Waals surface area contributed by atoms with E-state index in [1.165, 1.54) is 0 Å². The van der Waals surface area contributed by atoms with Gasteiger partial charge in [-0.25, -0.2) is 0 Å². The van der Waals surface area contributed by atoms with Gasteiger partial charge in [-0.3, -0.25) is 14.4 Å². The summed E-state index contributed by atoms with van der Waals surface area (Å²) >= 11 is 0. The number of carbonyl (C=O) groups excluding carboxylic acids is 1. The number of fused-ring (bicyclic) bond motifs is 1. The summed E-state index contributed by atoms with van der Waals surface area (Å²) in [7, 11) is 0. The molecule has 0 spiro atoms. The zero-order valence-electron chi connectivity index (χ0n) is 14.1. The van der Waals surface area contributed by atoms with Crippen LogP contribution in [0.15, 0.2) is 18.5 Å². The summed E-state index contributed by atoms with van der Waals surface area (Å²) in [6.45, 7) is 8.00. The zero-order valence-corrected chi connectivity index (χ0v) is 14.1. The average Bonchev–Trinajstić information content (AvgIpc) is 3.16. The SMILES string of the molecule is CCN(CC)C(=O)CN1C[C@H]2C[C@@H](n3cccn3)[C@H](O)C[C@H]2C1. The molecule has 4 atom stereocenters. The first-order valence-electron chi connectivity index (χ1n) is 8.79. The summed E-state index contributed by atoms with van der Waals surface area (Å²) in [5.41, 5.74) is 0. The highest BCUT2D eigenvalue weighted by Crippen LogP contribution is 2.40. The van der Waals surface area contributed by atoms with E-state index in [1.807, 2.05) is 35.7 Å². The third-order valence-corrected chi connectivity index (χ3v) is 5.52. The molecule has 1 aromatic rings. The van der Waals surface area contributed by atoms with E-state index in [-0.39, 0.29) is 18.1 Å². The van der Waals surface area contributed by atoms with Gasteiger partial charge in [-0.05, 0) is 44.6 Å². The van der Waals surface area contributed by atoms with Crippen LogP contribution in [-0.2, 0) is 4.79 Å². The Morgan fingerprint density at radius 3 is 2.57 bits per heavy atom. The molecule has 6 nitrogen and oxygen atoms in total. The number of rotatable bonds is 5. The van der Waals surface area contributed by atoms with E-state index in [2.05, 4.69) is 10.00 Å². The predicted molar refractivity (Wildman–Crippen MR) is 87.9 cm³/mol. The van der Waals surface area contributed by atoms with Crippen LogP contribution in [0.1, 0.15) is 32.7 Å². The Balaban J connectivity index is 1.59. The van der Waals surface area contributed by atoms with Gasteiger partial charge >= 0.3 is 0 Å². The maximum atomic E-state index is 12.3. The van der Waals surface area contributed by atoms with Crippen LogP contribution in [0, 0.1) is 11.8 Å². The molecule has 1 amide bonds. The van der Waals surface area contributed by atoms with Gasteiger partial charge in [-0.2, -0.15) is 5.10 Å². The molecule has 1 aliphatic heterocycles. The Hall–Kier alpha value is -1.40. The fourth-order valence-corrected chi connectivity index (χ4v) is 4.26. The van der Waals surface area contributed by atoms with Crippen molar-refractivity contribution in [1.29, 1.82) is 0 Å². The number of likely N-dealkylation sites (N-methyl/N-ethyl adjacent to an activating group) is 1. The molecule has 128 valence electrons. The normalized spacial score (nSPS) is 31.1. The molecule has 2 aliphatic rings. The van der Waals surface area contributed by atoms with Crippen molar-refractivity contribution in [2.24, 2.45) is 11.8 Å². The first-order chi connectivity index (χ1) is 11.1. The molecule has 2 fully saturated rings.